The molecule has 108 valence electrons. The number of thiazole rings is 1. The molecule has 0 bridgehead atoms. The number of benzene rings is 1. The standard InChI is InChI=1S/C17H24N2S/c1-10-5-8-15-14(9-10)19-16(20-15)12-6-7-13(18)11(2)17(12,3)4/h5,8-9,11-13H,6-7,18H2,1-4H3. The van der Waals surface area contributed by atoms with E-state index in [-0.39, 0.29) is 5.41 Å². The van der Waals surface area contributed by atoms with Gasteiger partial charge in [0.15, 0.2) is 0 Å². The second-order valence-electron chi connectivity index (χ2n) is 6.93. The van der Waals surface area contributed by atoms with Crippen molar-refractivity contribution < 1.29 is 0 Å². The van der Waals surface area contributed by atoms with Crippen LogP contribution >= 0.6 is 11.3 Å². The zero-order valence-electron chi connectivity index (χ0n) is 12.8. The van der Waals surface area contributed by atoms with E-state index in [1.807, 2.05) is 11.3 Å². The van der Waals surface area contributed by atoms with Crippen LogP contribution in [0, 0.1) is 18.3 Å². The SMILES string of the molecule is Cc1ccc2sc(C3CCC(N)C(C)C3(C)C)nc2c1. The summed E-state index contributed by atoms with van der Waals surface area (Å²) in [5.41, 5.74) is 8.94. The van der Waals surface area contributed by atoms with Crippen LogP contribution in [0.4, 0.5) is 0 Å². The van der Waals surface area contributed by atoms with Gasteiger partial charge in [-0.25, -0.2) is 4.98 Å². The van der Waals surface area contributed by atoms with E-state index in [2.05, 4.69) is 45.9 Å². The molecule has 1 saturated carbocycles. The third-order valence-electron chi connectivity index (χ3n) is 5.36. The Morgan fingerprint density at radius 2 is 2.05 bits per heavy atom. The fraction of sp³-hybridized carbons (Fsp3) is 0.588. The first-order valence-corrected chi connectivity index (χ1v) is 8.34. The van der Waals surface area contributed by atoms with Crippen molar-refractivity contribution in [3.8, 4) is 0 Å². The second-order valence-corrected chi connectivity index (χ2v) is 7.99. The molecule has 0 radical (unpaired) electrons. The van der Waals surface area contributed by atoms with Crippen LogP contribution in [-0.2, 0) is 0 Å². The summed E-state index contributed by atoms with van der Waals surface area (Å²) in [6.45, 7) is 9.15. The van der Waals surface area contributed by atoms with Gasteiger partial charge in [0, 0.05) is 12.0 Å². The molecule has 0 saturated heterocycles. The van der Waals surface area contributed by atoms with Gasteiger partial charge in [-0.05, 0) is 48.8 Å². The lowest BCUT2D eigenvalue weighted by Crippen LogP contribution is -2.45. The molecule has 3 heteroatoms. The summed E-state index contributed by atoms with van der Waals surface area (Å²) >= 11 is 1.87. The van der Waals surface area contributed by atoms with Crippen LogP contribution in [0.1, 0.15) is 50.1 Å². The Hall–Kier alpha value is -0.930. The smallest absolute Gasteiger partial charge is 0.0974 e. The Morgan fingerprint density at radius 1 is 1.30 bits per heavy atom. The Bertz CT molecular complexity index is 629. The van der Waals surface area contributed by atoms with Crippen LogP contribution < -0.4 is 5.73 Å². The van der Waals surface area contributed by atoms with Crippen LogP contribution in [0.2, 0.25) is 0 Å². The molecule has 1 aliphatic carbocycles. The molecule has 0 aliphatic heterocycles. The summed E-state index contributed by atoms with van der Waals surface area (Å²) < 4.78 is 1.31. The molecule has 3 atom stereocenters. The number of nitrogens with two attached hydrogens (primary N) is 1. The monoisotopic (exact) mass is 288 g/mol. The molecule has 3 rings (SSSR count). The first-order chi connectivity index (χ1) is 9.39. The molecule has 2 nitrogen and oxygen atoms in total. The van der Waals surface area contributed by atoms with Gasteiger partial charge in [-0.1, -0.05) is 26.8 Å². The van der Waals surface area contributed by atoms with Crippen molar-refractivity contribution in [1.82, 2.24) is 4.98 Å². The van der Waals surface area contributed by atoms with E-state index in [9.17, 15) is 0 Å². The average molecular weight is 288 g/mol. The van der Waals surface area contributed by atoms with Gasteiger partial charge in [0.2, 0.25) is 0 Å². The molecular weight excluding hydrogens is 264 g/mol. The van der Waals surface area contributed by atoms with Crippen molar-refractivity contribution in [1.29, 1.82) is 0 Å². The van der Waals surface area contributed by atoms with Crippen molar-refractivity contribution in [2.24, 2.45) is 17.1 Å². The third-order valence-corrected chi connectivity index (χ3v) is 6.51. The summed E-state index contributed by atoms with van der Waals surface area (Å²) in [6, 6.07) is 6.91. The lowest BCUT2D eigenvalue weighted by atomic mass is 9.61. The fourth-order valence-electron chi connectivity index (χ4n) is 3.50. The predicted octanol–water partition coefficient (Wildman–Crippen LogP) is 4.47. The van der Waals surface area contributed by atoms with Crippen molar-refractivity contribution >= 4 is 21.6 Å². The Balaban J connectivity index is 2.01. The molecule has 1 fully saturated rings. The third kappa shape index (κ3) is 2.17. The van der Waals surface area contributed by atoms with E-state index < -0.39 is 0 Å². The molecule has 20 heavy (non-hydrogen) atoms. The minimum Gasteiger partial charge on any atom is -0.327 e. The highest BCUT2D eigenvalue weighted by atomic mass is 32.1. The quantitative estimate of drug-likeness (QED) is 0.840. The van der Waals surface area contributed by atoms with Crippen molar-refractivity contribution in [2.45, 2.75) is 52.5 Å². The van der Waals surface area contributed by atoms with Crippen LogP contribution in [0.5, 0.6) is 0 Å². The van der Waals surface area contributed by atoms with Gasteiger partial charge in [-0.15, -0.1) is 11.3 Å². The minimum atomic E-state index is 0.223. The lowest BCUT2D eigenvalue weighted by molar-refractivity contribution is 0.0993. The number of aromatic nitrogens is 1. The van der Waals surface area contributed by atoms with Gasteiger partial charge in [0.05, 0.1) is 15.2 Å². The fourth-order valence-corrected chi connectivity index (χ4v) is 4.77. The highest BCUT2D eigenvalue weighted by Crippen LogP contribution is 2.50. The van der Waals surface area contributed by atoms with Crippen LogP contribution in [-0.4, -0.2) is 11.0 Å². The summed E-state index contributed by atoms with van der Waals surface area (Å²) in [6.07, 6.45) is 2.28. The number of hydrogen-bond donors (Lipinski definition) is 1. The molecule has 1 aromatic carbocycles. The normalized spacial score (nSPS) is 29.8. The number of nitrogens with zero attached hydrogens (tertiary/aromatic N) is 1. The first-order valence-electron chi connectivity index (χ1n) is 7.52. The van der Waals surface area contributed by atoms with Crippen molar-refractivity contribution in [3.63, 3.8) is 0 Å². The maximum Gasteiger partial charge on any atom is 0.0974 e. The topological polar surface area (TPSA) is 38.9 Å². The first kappa shape index (κ1) is 14.0. The molecule has 0 amide bonds. The largest absolute Gasteiger partial charge is 0.327 e. The van der Waals surface area contributed by atoms with Crippen LogP contribution in [0.15, 0.2) is 18.2 Å². The van der Waals surface area contributed by atoms with Gasteiger partial charge >= 0.3 is 0 Å². The molecule has 1 aromatic heterocycles. The Labute approximate surface area is 125 Å². The van der Waals surface area contributed by atoms with Crippen molar-refractivity contribution in [3.05, 3.63) is 28.8 Å². The van der Waals surface area contributed by atoms with Crippen LogP contribution in [0.3, 0.4) is 0 Å². The van der Waals surface area contributed by atoms with Gasteiger partial charge < -0.3 is 5.73 Å². The predicted molar refractivity (Wildman–Crippen MR) is 87.3 cm³/mol. The Morgan fingerprint density at radius 3 is 2.80 bits per heavy atom. The molecule has 2 aromatic rings. The van der Waals surface area contributed by atoms with E-state index >= 15 is 0 Å². The lowest BCUT2D eigenvalue weighted by Gasteiger charge is -2.46. The second kappa shape index (κ2) is 4.81. The molecule has 2 N–H and O–H groups in total. The van der Waals surface area contributed by atoms with Crippen molar-refractivity contribution in [2.75, 3.05) is 0 Å². The number of rotatable bonds is 1. The number of hydrogen-bond acceptors (Lipinski definition) is 3. The zero-order chi connectivity index (χ0) is 14.5. The molecular formula is C17H24N2S. The Kier molecular flexibility index (Phi) is 3.38. The highest BCUT2D eigenvalue weighted by Gasteiger charge is 2.43. The summed E-state index contributed by atoms with van der Waals surface area (Å²) in [4.78, 5) is 4.93. The van der Waals surface area contributed by atoms with Gasteiger partial charge in [-0.2, -0.15) is 0 Å². The summed E-state index contributed by atoms with van der Waals surface area (Å²) in [5, 5.41) is 1.30. The van der Waals surface area contributed by atoms with Gasteiger partial charge in [0.1, 0.15) is 0 Å². The molecule has 3 unspecified atom stereocenters. The minimum absolute atomic E-state index is 0.223. The van der Waals surface area contributed by atoms with E-state index in [0.717, 1.165) is 18.4 Å². The summed E-state index contributed by atoms with van der Waals surface area (Å²) in [5.74, 6) is 1.07. The molecule has 1 aliphatic rings. The maximum absolute atomic E-state index is 6.27. The average Bonchev–Trinajstić information content (AvgIpc) is 2.78. The van der Waals surface area contributed by atoms with E-state index in [0.29, 0.717) is 17.9 Å². The zero-order valence-corrected chi connectivity index (χ0v) is 13.6. The van der Waals surface area contributed by atoms with E-state index in [1.165, 1.54) is 15.3 Å². The molecule has 1 heterocycles. The highest BCUT2D eigenvalue weighted by molar-refractivity contribution is 7.18. The summed E-state index contributed by atoms with van der Waals surface area (Å²) in [7, 11) is 0. The molecule has 0 spiro atoms. The number of fused-ring (bicyclic) bond motifs is 1. The van der Waals surface area contributed by atoms with Crippen LogP contribution in [0.25, 0.3) is 10.2 Å². The van der Waals surface area contributed by atoms with E-state index in [1.54, 1.807) is 0 Å². The van der Waals surface area contributed by atoms with Gasteiger partial charge in [-0.3, -0.25) is 0 Å². The van der Waals surface area contributed by atoms with E-state index in [4.69, 9.17) is 10.7 Å². The maximum atomic E-state index is 6.27. The number of aryl methyl sites for hydroxylation is 1. The van der Waals surface area contributed by atoms with Gasteiger partial charge in [0.25, 0.3) is 0 Å².